The number of nitrogens with zero attached hydrogens (tertiary/aromatic N) is 3. The number of aryl methyl sites for hydroxylation is 1. The van der Waals surface area contributed by atoms with E-state index in [4.69, 9.17) is 9.97 Å². The Bertz CT molecular complexity index is 969. The van der Waals surface area contributed by atoms with Gasteiger partial charge in [-0.05, 0) is 49.5 Å². The molecule has 2 atom stereocenters. The topological polar surface area (TPSA) is 58.1 Å². The van der Waals surface area contributed by atoms with Gasteiger partial charge in [0.05, 0.1) is 17.0 Å². The van der Waals surface area contributed by atoms with Gasteiger partial charge in [0.1, 0.15) is 0 Å². The van der Waals surface area contributed by atoms with Crippen LogP contribution in [0.5, 0.6) is 0 Å². The highest BCUT2D eigenvalue weighted by Crippen LogP contribution is 2.27. The van der Waals surface area contributed by atoms with E-state index in [1.165, 1.54) is 5.56 Å². The van der Waals surface area contributed by atoms with E-state index in [1.807, 2.05) is 11.8 Å². The zero-order chi connectivity index (χ0) is 24.8. The number of carbonyl (C=O) groups excluding carboxylic acids is 1. The number of hydrogen-bond donors (Lipinski definition) is 1. The zero-order valence-corrected chi connectivity index (χ0v) is 22.3. The third-order valence-corrected chi connectivity index (χ3v) is 6.80. The summed E-state index contributed by atoms with van der Waals surface area (Å²) in [6.07, 6.45) is 3.91. The fraction of sp³-hybridized carbons (Fsp3) is 0.621. The van der Waals surface area contributed by atoms with Crippen molar-refractivity contribution < 1.29 is 4.79 Å². The Balaban J connectivity index is 2.01. The molecule has 186 valence electrons. The van der Waals surface area contributed by atoms with Gasteiger partial charge in [-0.1, -0.05) is 72.2 Å². The van der Waals surface area contributed by atoms with E-state index in [2.05, 4.69) is 71.1 Å². The molecule has 1 aliphatic rings. The second-order valence-corrected chi connectivity index (χ2v) is 11.0. The fourth-order valence-corrected chi connectivity index (χ4v) is 4.90. The van der Waals surface area contributed by atoms with Gasteiger partial charge in [0, 0.05) is 31.2 Å². The van der Waals surface area contributed by atoms with E-state index in [1.54, 1.807) is 0 Å². The molecule has 2 heterocycles. The molecular weight excluding hydrogens is 420 g/mol. The summed E-state index contributed by atoms with van der Waals surface area (Å²) < 4.78 is 0. The lowest BCUT2D eigenvalue weighted by atomic mass is 9.95. The number of hydrogen-bond acceptors (Lipinski definition) is 4. The van der Waals surface area contributed by atoms with Crippen LogP contribution in [-0.4, -0.2) is 46.5 Å². The summed E-state index contributed by atoms with van der Waals surface area (Å²) >= 11 is 0. The molecule has 0 bridgehead atoms. The molecule has 1 aromatic heterocycles. The molecule has 0 saturated carbocycles. The third-order valence-electron chi connectivity index (χ3n) is 6.80. The molecular formula is C29H44N4O. The van der Waals surface area contributed by atoms with Crippen molar-refractivity contribution in [1.82, 2.24) is 20.2 Å². The van der Waals surface area contributed by atoms with Gasteiger partial charge in [-0.15, -0.1) is 0 Å². The number of amides is 1. The van der Waals surface area contributed by atoms with Crippen molar-refractivity contribution in [3.05, 3.63) is 46.8 Å². The highest BCUT2D eigenvalue weighted by atomic mass is 16.2. The van der Waals surface area contributed by atoms with Gasteiger partial charge in [0.2, 0.25) is 0 Å². The molecule has 1 fully saturated rings. The average Bonchev–Trinajstić information content (AvgIpc) is 2.78. The van der Waals surface area contributed by atoms with Crippen LogP contribution in [0.2, 0.25) is 0 Å². The molecule has 1 aliphatic heterocycles. The molecule has 0 spiro atoms. The number of piperazine rings is 1. The van der Waals surface area contributed by atoms with E-state index in [9.17, 15) is 4.79 Å². The smallest absolute Gasteiger partial charge is 0.257 e. The van der Waals surface area contributed by atoms with E-state index in [0.717, 1.165) is 73.7 Å². The SMILES string of the molecule is CCC(C)Cc1nc(-c2ccccc2CC(C)C)nc(C)c1C(=O)N1CCN[C@@H](CC(C)C)C1. The molecule has 2 aromatic rings. The minimum Gasteiger partial charge on any atom is -0.336 e. The molecule has 5 heteroatoms. The maximum Gasteiger partial charge on any atom is 0.257 e. The van der Waals surface area contributed by atoms with Gasteiger partial charge >= 0.3 is 0 Å². The molecule has 0 aliphatic carbocycles. The third kappa shape index (κ3) is 6.65. The van der Waals surface area contributed by atoms with Crippen molar-refractivity contribution in [2.75, 3.05) is 19.6 Å². The summed E-state index contributed by atoms with van der Waals surface area (Å²) in [5.74, 6) is 2.45. The predicted molar refractivity (Wildman–Crippen MR) is 141 cm³/mol. The maximum absolute atomic E-state index is 13.8. The molecule has 1 saturated heterocycles. The van der Waals surface area contributed by atoms with E-state index >= 15 is 0 Å². The largest absolute Gasteiger partial charge is 0.336 e. The first kappa shape index (κ1) is 26.3. The fourth-order valence-electron chi connectivity index (χ4n) is 4.90. The second-order valence-electron chi connectivity index (χ2n) is 11.0. The Hall–Kier alpha value is -2.27. The average molecular weight is 465 g/mol. The van der Waals surface area contributed by atoms with Crippen molar-refractivity contribution in [3.8, 4) is 11.4 Å². The van der Waals surface area contributed by atoms with Crippen LogP contribution in [-0.2, 0) is 12.8 Å². The molecule has 5 nitrogen and oxygen atoms in total. The van der Waals surface area contributed by atoms with Crippen LogP contribution in [0.1, 0.15) is 81.7 Å². The van der Waals surface area contributed by atoms with Gasteiger partial charge in [-0.25, -0.2) is 9.97 Å². The highest BCUT2D eigenvalue weighted by molar-refractivity contribution is 5.96. The zero-order valence-electron chi connectivity index (χ0n) is 22.3. The second kappa shape index (κ2) is 11.9. The van der Waals surface area contributed by atoms with Crippen LogP contribution in [0.4, 0.5) is 0 Å². The van der Waals surface area contributed by atoms with E-state index in [-0.39, 0.29) is 5.91 Å². The first-order valence-electron chi connectivity index (χ1n) is 13.2. The summed E-state index contributed by atoms with van der Waals surface area (Å²) in [6.45, 7) is 17.7. The normalized spacial score (nSPS) is 17.4. The van der Waals surface area contributed by atoms with Gasteiger partial charge < -0.3 is 10.2 Å². The first-order valence-corrected chi connectivity index (χ1v) is 13.2. The van der Waals surface area contributed by atoms with Crippen LogP contribution in [0.15, 0.2) is 24.3 Å². The summed E-state index contributed by atoms with van der Waals surface area (Å²) in [5.41, 5.74) is 4.77. The highest BCUT2D eigenvalue weighted by Gasteiger charge is 2.29. The Morgan fingerprint density at radius 1 is 1.09 bits per heavy atom. The van der Waals surface area contributed by atoms with E-state index < -0.39 is 0 Å². The molecule has 1 N–H and O–H groups in total. The van der Waals surface area contributed by atoms with Crippen LogP contribution in [0.3, 0.4) is 0 Å². The van der Waals surface area contributed by atoms with Crippen molar-refractivity contribution >= 4 is 5.91 Å². The van der Waals surface area contributed by atoms with Crippen molar-refractivity contribution in [2.45, 2.75) is 80.2 Å². The van der Waals surface area contributed by atoms with Crippen LogP contribution in [0, 0.1) is 24.7 Å². The summed E-state index contributed by atoms with van der Waals surface area (Å²) in [5, 5.41) is 3.58. The summed E-state index contributed by atoms with van der Waals surface area (Å²) in [7, 11) is 0. The lowest BCUT2D eigenvalue weighted by Gasteiger charge is -2.35. The number of carbonyl (C=O) groups is 1. The molecule has 1 unspecified atom stereocenters. The Kier molecular flexibility index (Phi) is 9.24. The summed E-state index contributed by atoms with van der Waals surface area (Å²) in [4.78, 5) is 25.8. The minimum absolute atomic E-state index is 0.0908. The van der Waals surface area contributed by atoms with Crippen molar-refractivity contribution in [2.24, 2.45) is 17.8 Å². The van der Waals surface area contributed by atoms with Crippen LogP contribution < -0.4 is 5.32 Å². The van der Waals surface area contributed by atoms with Crippen LogP contribution >= 0.6 is 0 Å². The Morgan fingerprint density at radius 3 is 2.50 bits per heavy atom. The Labute approximate surface area is 206 Å². The van der Waals surface area contributed by atoms with Crippen molar-refractivity contribution in [3.63, 3.8) is 0 Å². The number of nitrogens with one attached hydrogen (secondary N) is 1. The van der Waals surface area contributed by atoms with Crippen molar-refractivity contribution in [1.29, 1.82) is 0 Å². The van der Waals surface area contributed by atoms with Crippen LogP contribution in [0.25, 0.3) is 11.4 Å². The molecule has 1 amide bonds. The Morgan fingerprint density at radius 2 is 1.82 bits per heavy atom. The number of benzene rings is 1. The summed E-state index contributed by atoms with van der Waals surface area (Å²) in [6, 6.07) is 8.79. The maximum atomic E-state index is 13.8. The molecule has 34 heavy (non-hydrogen) atoms. The van der Waals surface area contributed by atoms with Gasteiger partial charge in [0.25, 0.3) is 5.91 Å². The minimum atomic E-state index is 0.0908. The molecule has 1 aromatic carbocycles. The molecule has 3 rings (SSSR count). The first-order chi connectivity index (χ1) is 16.2. The lowest BCUT2D eigenvalue weighted by molar-refractivity contribution is 0.0691. The quantitative estimate of drug-likeness (QED) is 0.517. The van der Waals surface area contributed by atoms with Gasteiger partial charge in [-0.3, -0.25) is 4.79 Å². The van der Waals surface area contributed by atoms with E-state index in [0.29, 0.717) is 23.8 Å². The molecule has 0 radical (unpaired) electrons. The monoisotopic (exact) mass is 464 g/mol. The van der Waals surface area contributed by atoms with Gasteiger partial charge in [0.15, 0.2) is 5.82 Å². The lowest BCUT2D eigenvalue weighted by Crippen LogP contribution is -2.53. The van der Waals surface area contributed by atoms with Gasteiger partial charge in [-0.2, -0.15) is 0 Å². The standard InChI is InChI=1S/C29H44N4O/c1-8-21(6)17-26-27(29(34)33-14-13-30-24(18-33)16-20(4)5)22(7)31-28(32-26)25-12-10-9-11-23(25)15-19(2)3/h9-12,19-21,24,30H,8,13-18H2,1-7H3/t21?,24-/m0/s1. The number of rotatable bonds is 9. The number of aromatic nitrogens is 2. The predicted octanol–water partition coefficient (Wildman–Crippen LogP) is 5.70.